The van der Waals surface area contributed by atoms with E-state index in [0.717, 1.165) is 16.5 Å². The average molecular weight is 334 g/mol. The Kier molecular flexibility index (Phi) is 4.95. The predicted octanol–water partition coefficient (Wildman–Crippen LogP) is 4.66. The van der Waals surface area contributed by atoms with Crippen LogP contribution in [0.1, 0.15) is 17.3 Å². The van der Waals surface area contributed by atoms with Gasteiger partial charge in [0.25, 0.3) is 5.91 Å². The van der Waals surface area contributed by atoms with Crippen LogP contribution in [0.3, 0.4) is 0 Å². The van der Waals surface area contributed by atoms with Gasteiger partial charge in [-0.3, -0.25) is 10.1 Å². The van der Waals surface area contributed by atoms with E-state index in [-0.39, 0.29) is 5.91 Å². The van der Waals surface area contributed by atoms with Gasteiger partial charge in [0.1, 0.15) is 0 Å². The Morgan fingerprint density at radius 3 is 2.36 bits per heavy atom. The number of fused-ring (bicyclic) bond motifs is 1. The number of anilines is 2. The van der Waals surface area contributed by atoms with Gasteiger partial charge >= 0.3 is 6.09 Å². The minimum absolute atomic E-state index is 0.209. The maximum Gasteiger partial charge on any atom is 0.411 e. The molecule has 0 saturated carbocycles. The van der Waals surface area contributed by atoms with Gasteiger partial charge in [-0.1, -0.05) is 36.4 Å². The number of benzene rings is 3. The van der Waals surface area contributed by atoms with Gasteiger partial charge < -0.3 is 10.1 Å². The number of carbonyl (C=O) groups is 2. The molecule has 126 valence electrons. The fraction of sp³-hybridized carbons (Fsp3) is 0.100. The van der Waals surface area contributed by atoms with Gasteiger partial charge in [-0.05, 0) is 42.6 Å². The molecule has 25 heavy (non-hydrogen) atoms. The first-order valence-electron chi connectivity index (χ1n) is 8.00. The standard InChI is InChI=1S/C20H18N2O3/c1-2-25-20(24)21-16-12-10-15(11-13-16)19(23)22-18-9-5-7-14-6-3-4-8-17(14)18/h3-13H,2H2,1H3,(H,21,24)(H,22,23). The summed E-state index contributed by atoms with van der Waals surface area (Å²) in [6, 6.07) is 20.3. The SMILES string of the molecule is CCOC(=O)Nc1ccc(C(=O)Nc2cccc3ccccc23)cc1. The zero-order chi connectivity index (χ0) is 17.6. The summed E-state index contributed by atoms with van der Waals surface area (Å²) < 4.78 is 4.81. The molecule has 0 aromatic heterocycles. The van der Waals surface area contributed by atoms with Gasteiger partial charge in [0.05, 0.1) is 6.61 Å². The maximum atomic E-state index is 12.5. The molecule has 3 rings (SSSR count). The second-order valence-corrected chi connectivity index (χ2v) is 5.40. The van der Waals surface area contributed by atoms with Crippen molar-refractivity contribution in [2.75, 3.05) is 17.2 Å². The summed E-state index contributed by atoms with van der Waals surface area (Å²) in [5.41, 5.74) is 1.83. The van der Waals surface area contributed by atoms with Gasteiger partial charge in [0.2, 0.25) is 0 Å². The van der Waals surface area contributed by atoms with Crippen molar-refractivity contribution < 1.29 is 14.3 Å². The summed E-state index contributed by atoms with van der Waals surface area (Å²) in [5, 5.41) is 7.57. The quantitative estimate of drug-likeness (QED) is 0.729. The van der Waals surface area contributed by atoms with Crippen LogP contribution < -0.4 is 10.6 Å². The first-order chi connectivity index (χ1) is 12.2. The molecule has 0 radical (unpaired) electrons. The highest BCUT2D eigenvalue weighted by Crippen LogP contribution is 2.23. The molecule has 0 fully saturated rings. The third-order valence-electron chi connectivity index (χ3n) is 3.71. The molecule has 5 nitrogen and oxygen atoms in total. The Hall–Kier alpha value is -3.34. The van der Waals surface area contributed by atoms with Crippen LogP contribution in [0.25, 0.3) is 10.8 Å². The summed E-state index contributed by atoms with van der Waals surface area (Å²) in [4.78, 5) is 23.9. The van der Waals surface area contributed by atoms with Crippen molar-refractivity contribution in [3.05, 3.63) is 72.3 Å². The van der Waals surface area contributed by atoms with Crippen molar-refractivity contribution in [3.63, 3.8) is 0 Å². The summed E-state index contributed by atoms with van der Waals surface area (Å²) >= 11 is 0. The normalized spacial score (nSPS) is 10.3. The van der Waals surface area contributed by atoms with Crippen LogP contribution in [0, 0.1) is 0 Å². The fourth-order valence-electron chi connectivity index (χ4n) is 2.52. The van der Waals surface area contributed by atoms with Gasteiger partial charge in [-0.15, -0.1) is 0 Å². The van der Waals surface area contributed by atoms with E-state index in [0.29, 0.717) is 17.9 Å². The van der Waals surface area contributed by atoms with Crippen LogP contribution >= 0.6 is 0 Å². The molecule has 0 aliphatic heterocycles. The monoisotopic (exact) mass is 334 g/mol. The molecular formula is C20H18N2O3. The zero-order valence-electron chi connectivity index (χ0n) is 13.8. The van der Waals surface area contributed by atoms with Gasteiger partial charge in [0, 0.05) is 22.3 Å². The van der Waals surface area contributed by atoms with Crippen molar-refractivity contribution in [1.29, 1.82) is 0 Å². The summed E-state index contributed by atoms with van der Waals surface area (Å²) in [6.07, 6.45) is -0.518. The number of nitrogens with one attached hydrogen (secondary N) is 2. The lowest BCUT2D eigenvalue weighted by molar-refractivity contribution is 0.102. The molecule has 0 unspecified atom stereocenters. The molecule has 5 heteroatoms. The van der Waals surface area contributed by atoms with Crippen molar-refractivity contribution in [3.8, 4) is 0 Å². The number of hydrogen-bond donors (Lipinski definition) is 2. The molecule has 3 aromatic rings. The zero-order valence-corrected chi connectivity index (χ0v) is 13.8. The molecular weight excluding hydrogens is 316 g/mol. The van der Waals surface area contributed by atoms with Crippen LogP contribution in [-0.4, -0.2) is 18.6 Å². The Morgan fingerprint density at radius 2 is 1.60 bits per heavy atom. The Bertz CT molecular complexity index is 899. The van der Waals surface area contributed by atoms with Crippen LogP contribution in [0.15, 0.2) is 66.7 Å². The lowest BCUT2D eigenvalue weighted by Gasteiger charge is -2.09. The third kappa shape index (κ3) is 3.95. The van der Waals surface area contributed by atoms with E-state index in [1.807, 2.05) is 42.5 Å². The minimum Gasteiger partial charge on any atom is -0.450 e. The maximum absolute atomic E-state index is 12.5. The summed E-state index contributed by atoms with van der Waals surface area (Å²) in [6.45, 7) is 2.04. The molecule has 0 aliphatic carbocycles. The number of ether oxygens (including phenoxy) is 1. The highest BCUT2D eigenvalue weighted by molar-refractivity contribution is 6.09. The second kappa shape index (κ2) is 7.49. The van der Waals surface area contributed by atoms with E-state index in [1.54, 1.807) is 31.2 Å². The van der Waals surface area contributed by atoms with Gasteiger partial charge in [0.15, 0.2) is 0 Å². The number of hydrogen-bond acceptors (Lipinski definition) is 3. The Balaban J connectivity index is 1.74. The highest BCUT2D eigenvalue weighted by Gasteiger charge is 2.09. The minimum atomic E-state index is -0.518. The molecule has 0 atom stereocenters. The highest BCUT2D eigenvalue weighted by atomic mass is 16.5. The van der Waals surface area contributed by atoms with Gasteiger partial charge in [-0.25, -0.2) is 4.79 Å². The van der Waals surface area contributed by atoms with Crippen molar-refractivity contribution in [1.82, 2.24) is 0 Å². The lowest BCUT2D eigenvalue weighted by Crippen LogP contribution is -2.14. The molecule has 0 aliphatic rings. The Labute approximate surface area is 145 Å². The van der Waals surface area contributed by atoms with Crippen molar-refractivity contribution >= 4 is 34.1 Å². The molecule has 3 aromatic carbocycles. The van der Waals surface area contributed by atoms with Crippen LogP contribution in [0.4, 0.5) is 16.2 Å². The van der Waals surface area contributed by atoms with E-state index < -0.39 is 6.09 Å². The largest absolute Gasteiger partial charge is 0.450 e. The fourth-order valence-corrected chi connectivity index (χ4v) is 2.52. The molecule has 0 bridgehead atoms. The molecule has 2 amide bonds. The Morgan fingerprint density at radius 1 is 0.880 bits per heavy atom. The van der Waals surface area contributed by atoms with Crippen LogP contribution in [0.5, 0.6) is 0 Å². The first-order valence-corrected chi connectivity index (χ1v) is 8.00. The van der Waals surface area contributed by atoms with Crippen LogP contribution in [0.2, 0.25) is 0 Å². The van der Waals surface area contributed by atoms with Crippen LogP contribution in [-0.2, 0) is 4.74 Å². The topological polar surface area (TPSA) is 67.4 Å². The van der Waals surface area contributed by atoms with E-state index in [1.165, 1.54) is 0 Å². The van der Waals surface area contributed by atoms with Crippen molar-refractivity contribution in [2.45, 2.75) is 6.92 Å². The average Bonchev–Trinajstić information content (AvgIpc) is 2.63. The first kappa shape index (κ1) is 16.5. The summed E-state index contributed by atoms with van der Waals surface area (Å²) in [5.74, 6) is -0.209. The molecule has 0 spiro atoms. The molecule has 0 saturated heterocycles. The number of rotatable bonds is 4. The third-order valence-corrected chi connectivity index (χ3v) is 3.71. The van der Waals surface area contributed by atoms with E-state index in [4.69, 9.17) is 4.74 Å². The number of carbonyl (C=O) groups excluding carboxylic acids is 2. The van der Waals surface area contributed by atoms with E-state index >= 15 is 0 Å². The molecule has 0 heterocycles. The smallest absolute Gasteiger partial charge is 0.411 e. The lowest BCUT2D eigenvalue weighted by atomic mass is 10.1. The summed E-state index contributed by atoms with van der Waals surface area (Å²) in [7, 11) is 0. The molecule has 2 N–H and O–H groups in total. The van der Waals surface area contributed by atoms with Gasteiger partial charge in [-0.2, -0.15) is 0 Å². The van der Waals surface area contributed by atoms with E-state index in [9.17, 15) is 9.59 Å². The number of amides is 2. The van der Waals surface area contributed by atoms with E-state index in [2.05, 4.69) is 10.6 Å². The van der Waals surface area contributed by atoms with Crippen molar-refractivity contribution in [2.24, 2.45) is 0 Å². The predicted molar refractivity (Wildman–Crippen MR) is 99.0 cm³/mol. The second-order valence-electron chi connectivity index (χ2n) is 5.40.